The normalized spacial score (nSPS) is 10.5. The number of benzene rings is 2. The quantitative estimate of drug-likeness (QED) is 0.730. The average molecular weight is 352 g/mol. The summed E-state index contributed by atoms with van der Waals surface area (Å²) in [7, 11) is 1.64. The lowest BCUT2D eigenvalue weighted by Crippen LogP contribution is -2.33. The van der Waals surface area contributed by atoms with Crippen LogP contribution >= 0.6 is 11.6 Å². The molecule has 2 aromatic carbocycles. The molecule has 0 saturated carbocycles. The molecule has 0 aliphatic rings. The van der Waals surface area contributed by atoms with Gasteiger partial charge in [-0.2, -0.15) is 0 Å². The van der Waals surface area contributed by atoms with Gasteiger partial charge in [-0.05, 0) is 23.8 Å². The van der Waals surface area contributed by atoms with Gasteiger partial charge in [-0.1, -0.05) is 41.9 Å². The van der Waals surface area contributed by atoms with E-state index >= 15 is 0 Å². The third kappa shape index (κ3) is 5.51. The van der Waals surface area contributed by atoms with E-state index in [0.717, 1.165) is 5.56 Å². The molecule has 2 rings (SSSR count). The predicted octanol–water partition coefficient (Wildman–Crippen LogP) is 3.53. The average Bonchev–Trinajstić information content (AvgIpc) is 2.58. The topological polar surface area (TPSA) is 38.8 Å². The number of ether oxygens (including phenoxy) is 2. The molecular formula is C18H19ClFNO3. The van der Waals surface area contributed by atoms with Gasteiger partial charge in [0.2, 0.25) is 5.91 Å². The van der Waals surface area contributed by atoms with Crippen molar-refractivity contribution < 1.29 is 18.7 Å². The minimum Gasteiger partial charge on any atom is -0.489 e. The first kappa shape index (κ1) is 18.2. The number of rotatable bonds is 8. The van der Waals surface area contributed by atoms with Crippen LogP contribution in [-0.2, 0) is 16.1 Å². The minimum atomic E-state index is -0.422. The summed E-state index contributed by atoms with van der Waals surface area (Å²) < 4.78 is 24.1. The van der Waals surface area contributed by atoms with Crippen molar-refractivity contribution in [3.05, 3.63) is 64.9 Å². The van der Waals surface area contributed by atoms with Crippen molar-refractivity contribution in [1.29, 1.82) is 0 Å². The second-order valence-corrected chi connectivity index (χ2v) is 5.59. The Hall–Kier alpha value is -2.11. The fourth-order valence-corrected chi connectivity index (χ4v) is 2.14. The monoisotopic (exact) mass is 351 g/mol. The number of likely N-dealkylation sites (N-methyl/N-ethyl adjacent to an activating group) is 1. The van der Waals surface area contributed by atoms with Crippen LogP contribution in [-0.4, -0.2) is 37.6 Å². The first-order chi connectivity index (χ1) is 11.6. The number of hydrogen-bond acceptors (Lipinski definition) is 3. The lowest BCUT2D eigenvalue weighted by atomic mass is 10.2. The Morgan fingerprint density at radius 1 is 1.17 bits per heavy atom. The van der Waals surface area contributed by atoms with Crippen molar-refractivity contribution in [2.45, 2.75) is 6.61 Å². The largest absolute Gasteiger partial charge is 0.489 e. The van der Waals surface area contributed by atoms with Crippen LogP contribution in [0, 0.1) is 5.82 Å². The maximum atomic E-state index is 13.4. The molecule has 24 heavy (non-hydrogen) atoms. The van der Waals surface area contributed by atoms with Gasteiger partial charge in [0.05, 0.1) is 13.2 Å². The number of carbonyl (C=O) groups excluding carboxylic acids is 1. The van der Waals surface area contributed by atoms with Crippen molar-refractivity contribution in [3.8, 4) is 5.75 Å². The first-order valence-corrected chi connectivity index (χ1v) is 7.88. The Morgan fingerprint density at radius 3 is 2.62 bits per heavy atom. The SMILES string of the molecule is CN(CCOc1ccccc1F)C(=O)COCc1ccccc1Cl. The molecule has 0 fully saturated rings. The summed E-state index contributed by atoms with van der Waals surface area (Å²) in [6, 6.07) is 13.5. The molecule has 0 N–H and O–H groups in total. The molecule has 2 aromatic rings. The zero-order chi connectivity index (χ0) is 17.4. The summed E-state index contributed by atoms with van der Waals surface area (Å²) in [4.78, 5) is 13.4. The first-order valence-electron chi connectivity index (χ1n) is 7.50. The molecule has 128 valence electrons. The number of halogens is 2. The Bertz CT molecular complexity index is 681. The third-order valence-electron chi connectivity index (χ3n) is 3.39. The molecule has 0 bridgehead atoms. The summed E-state index contributed by atoms with van der Waals surface area (Å²) in [5.41, 5.74) is 0.831. The number of carbonyl (C=O) groups is 1. The van der Waals surface area contributed by atoms with Gasteiger partial charge in [0.1, 0.15) is 13.2 Å². The van der Waals surface area contributed by atoms with E-state index in [1.54, 1.807) is 31.3 Å². The molecule has 0 unspecified atom stereocenters. The van der Waals surface area contributed by atoms with E-state index in [4.69, 9.17) is 21.1 Å². The van der Waals surface area contributed by atoms with E-state index in [9.17, 15) is 9.18 Å². The third-order valence-corrected chi connectivity index (χ3v) is 3.76. The number of amides is 1. The van der Waals surface area contributed by atoms with Gasteiger partial charge in [0.25, 0.3) is 0 Å². The maximum absolute atomic E-state index is 13.4. The molecular weight excluding hydrogens is 333 g/mol. The van der Waals surface area contributed by atoms with Crippen molar-refractivity contribution in [2.75, 3.05) is 26.8 Å². The van der Waals surface area contributed by atoms with Gasteiger partial charge in [-0.3, -0.25) is 4.79 Å². The second-order valence-electron chi connectivity index (χ2n) is 5.18. The lowest BCUT2D eigenvalue weighted by molar-refractivity contribution is -0.135. The van der Waals surface area contributed by atoms with E-state index < -0.39 is 5.82 Å². The van der Waals surface area contributed by atoms with Crippen LogP contribution < -0.4 is 4.74 Å². The van der Waals surface area contributed by atoms with E-state index in [2.05, 4.69) is 0 Å². The molecule has 0 aliphatic heterocycles. The molecule has 0 aliphatic carbocycles. The Labute approximate surface area is 145 Å². The van der Waals surface area contributed by atoms with Gasteiger partial charge >= 0.3 is 0 Å². The fraction of sp³-hybridized carbons (Fsp3) is 0.278. The van der Waals surface area contributed by atoms with Crippen molar-refractivity contribution in [1.82, 2.24) is 4.90 Å². The predicted molar refractivity (Wildman–Crippen MR) is 90.6 cm³/mol. The van der Waals surface area contributed by atoms with Crippen molar-refractivity contribution in [2.24, 2.45) is 0 Å². The van der Waals surface area contributed by atoms with Crippen molar-refractivity contribution >= 4 is 17.5 Å². The zero-order valence-corrected chi connectivity index (χ0v) is 14.1. The van der Waals surface area contributed by atoms with E-state index in [-0.39, 0.29) is 31.5 Å². The van der Waals surface area contributed by atoms with Gasteiger partial charge in [-0.25, -0.2) is 4.39 Å². The Kier molecular flexibility index (Phi) is 7.03. The maximum Gasteiger partial charge on any atom is 0.248 e. The standard InChI is InChI=1S/C18H19ClFNO3/c1-21(10-11-24-17-9-5-4-8-16(17)20)18(22)13-23-12-14-6-2-3-7-15(14)19/h2-9H,10-13H2,1H3. The highest BCUT2D eigenvalue weighted by molar-refractivity contribution is 6.31. The Balaban J connectivity index is 1.69. The molecule has 0 atom stereocenters. The van der Waals surface area contributed by atoms with E-state index in [0.29, 0.717) is 11.6 Å². The molecule has 1 amide bonds. The van der Waals surface area contributed by atoms with Crippen LogP contribution in [0.4, 0.5) is 4.39 Å². The highest BCUT2D eigenvalue weighted by Gasteiger charge is 2.10. The van der Waals surface area contributed by atoms with Crippen LogP contribution in [0.15, 0.2) is 48.5 Å². The highest BCUT2D eigenvalue weighted by atomic mass is 35.5. The summed E-state index contributed by atoms with van der Waals surface area (Å²) in [6.07, 6.45) is 0. The number of para-hydroxylation sites is 1. The molecule has 0 spiro atoms. The van der Waals surface area contributed by atoms with Gasteiger partial charge in [-0.15, -0.1) is 0 Å². The van der Waals surface area contributed by atoms with Gasteiger partial charge < -0.3 is 14.4 Å². The molecule has 0 saturated heterocycles. The van der Waals surface area contributed by atoms with E-state index in [1.165, 1.54) is 11.0 Å². The van der Waals surface area contributed by atoms with Crippen LogP contribution in [0.2, 0.25) is 5.02 Å². The molecule has 4 nitrogen and oxygen atoms in total. The smallest absolute Gasteiger partial charge is 0.248 e. The van der Waals surface area contributed by atoms with Crippen LogP contribution in [0.5, 0.6) is 5.75 Å². The molecule has 0 radical (unpaired) electrons. The zero-order valence-electron chi connectivity index (χ0n) is 13.4. The summed E-state index contributed by atoms with van der Waals surface area (Å²) in [6.45, 7) is 0.753. The highest BCUT2D eigenvalue weighted by Crippen LogP contribution is 2.16. The molecule has 0 heterocycles. The number of nitrogens with zero attached hydrogens (tertiary/aromatic N) is 1. The fourth-order valence-electron chi connectivity index (χ4n) is 1.95. The summed E-state index contributed by atoms with van der Waals surface area (Å²) >= 11 is 6.02. The van der Waals surface area contributed by atoms with E-state index in [1.807, 2.05) is 18.2 Å². The van der Waals surface area contributed by atoms with Gasteiger partial charge in [0, 0.05) is 12.1 Å². The summed E-state index contributed by atoms with van der Waals surface area (Å²) in [5, 5.41) is 0.608. The van der Waals surface area contributed by atoms with Crippen LogP contribution in [0.25, 0.3) is 0 Å². The lowest BCUT2D eigenvalue weighted by Gasteiger charge is -2.17. The van der Waals surface area contributed by atoms with Crippen molar-refractivity contribution in [3.63, 3.8) is 0 Å². The molecule has 0 aromatic heterocycles. The molecule has 6 heteroatoms. The van der Waals surface area contributed by atoms with Crippen LogP contribution in [0.3, 0.4) is 0 Å². The second kappa shape index (κ2) is 9.25. The van der Waals surface area contributed by atoms with Crippen LogP contribution in [0.1, 0.15) is 5.56 Å². The number of hydrogen-bond donors (Lipinski definition) is 0. The van der Waals surface area contributed by atoms with Gasteiger partial charge in [0.15, 0.2) is 11.6 Å². The minimum absolute atomic E-state index is 0.0541. The Morgan fingerprint density at radius 2 is 1.88 bits per heavy atom. The summed E-state index contributed by atoms with van der Waals surface area (Å²) in [5.74, 6) is -0.429.